The number of aryl methyl sites for hydroxylation is 4. The fourth-order valence-corrected chi connectivity index (χ4v) is 3.13. The van der Waals surface area contributed by atoms with Gasteiger partial charge < -0.3 is 0 Å². The van der Waals surface area contributed by atoms with Crippen LogP contribution in [0.5, 0.6) is 0 Å². The lowest BCUT2D eigenvalue weighted by atomic mass is 9.91. The smallest absolute Gasteiger partial charge is 0.0991 e. The van der Waals surface area contributed by atoms with Crippen LogP contribution in [-0.4, -0.2) is 4.98 Å². The minimum atomic E-state index is 0.708. The lowest BCUT2D eigenvalue weighted by Crippen LogP contribution is -1.95. The number of aromatic nitrogens is 1. The minimum Gasteiger partial charge on any atom is -0.256 e. The molecule has 2 nitrogen and oxygen atoms in total. The van der Waals surface area contributed by atoms with E-state index in [1.165, 1.54) is 16.7 Å². The highest BCUT2D eigenvalue weighted by atomic mass is 14.7. The highest BCUT2D eigenvalue weighted by molar-refractivity contribution is 5.77. The fourth-order valence-electron chi connectivity index (χ4n) is 3.13. The molecule has 0 atom stereocenters. The molecule has 0 saturated carbocycles. The third-order valence-electron chi connectivity index (χ3n) is 4.38. The van der Waals surface area contributed by atoms with Crippen LogP contribution < -0.4 is 0 Å². The molecule has 1 heterocycles. The molecule has 0 radical (unpaired) electrons. The van der Waals surface area contributed by atoms with Crippen molar-refractivity contribution < 1.29 is 0 Å². The second-order valence-electron chi connectivity index (χ2n) is 6.35. The van der Waals surface area contributed by atoms with E-state index in [1.807, 2.05) is 18.3 Å². The van der Waals surface area contributed by atoms with E-state index in [4.69, 9.17) is 5.26 Å². The van der Waals surface area contributed by atoms with E-state index in [0.29, 0.717) is 5.56 Å². The SMILES string of the molecule is Cc1ccc(-c2cc(-c3c(C)cc(C#N)cc3C)c(C)cn2)cc1. The summed E-state index contributed by atoms with van der Waals surface area (Å²) in [6.07, 6.45) is 1.93. The van der Waals surface area contributed by atoms with Crippen LogP contribution >= 0.6 is 0 Å². The van der Waals surface area contributed by atoms with E-state index in [1.54, 1.807) is 0 Å². The number of pyridine rings is 1. The van der Waals surface area contributed by atoms with E-state index in [2.05, 4.69) is 69.1 Å². The van der Waals surface area contributed by atoms with E-state index in [-0.39, 0.29) is 0 Å². The van der Waals surface area contributed by atoms with Crippen molar-refractivity contribution in [1.29, 1.82) is 5.26 Å². The molecule has 0 unspecified atom stereocenters. The normalized spacial score (nSPS) is 10.5. The molecule has 2 aromatic carbocycles. The molecule has 0 spiro atoms. The molecular formula is C22H20N2. The summed E-state index contributed by atoms with van der Waals surface area (Å²) in [6.45, 7) is 8.29. The summed E-state index contributed by atoms with van der Waals surface area (Å²) in [5.74, 6) is 0. The van der Waals surface area contributed by atoms with Gasteiger partial charge in [0.25, 0.3) is 0 Å². The predicted molar refractivity (Wildman–Crippen MR) is 98.8 cm³/mol. The third kappa shape index (κ3) is 2.94. The summed E-state index contributed by atoms with van der Waals surface area (Å²) in [5, 5.41) is 9.16. The van der Waals surface area contributed by atoms with Crippen molar-refractivity contribution in [3.63, 3.8) is 0 Å². The number of nitrogens with zero attached hydrogens (tertiary/aromatic N) is 2. The summed E-state index contributed by atoms with van der Waals surface area (Å²) in [5.41, 5.74) is 9.80. The molecule has 0 N–H and O–H groups in total. The van der Waals surface area contributed by atoms with Crippen LogP contribution in [0.15, 0.2) is 48.7 Å². The zero-order valence-electron chi connectivity index (χ0n) is 14.5. The van der Waals surface area contributed by atoms with Crippen LogP contribution in [0.2, 0.25) is 0 Å². The van der Waals surface area contributed by atoms with Crippen LogP contribution in [0, 0.1) is 39.0 Å². The van der Waals surface area contributed by atoms with Gasteiger partial charge in [-0.3, -0.25) is 4.98 Å². The first kappa shape index (κ1) is 16.0. The second-order valence-corrected chi connectivity index (χ2v) is 6.35. The Morgan fingerprint density at radius 3 is 2.04 bits per heavy atom. The number of rotatable bonds is 2. The molecule has 118 valence electrons. The molecule has 3 rings (SSSR count). The number of benzene rings is 2. The van der Waals surface area contributed by atoms with Crippen LogP contribution in [0.3, 0.4) is 0 Å². The van der Waals surface area contributed by atoms with Crippen LogP contribution in [-0.2, 0) is 0 Å². The minimum absolute atomic E-state index is 0.708. The standard InChI is InChI=1S/C22H20N2/c1-14-5-7-19(8-6-14)21-11-20(17(4)13-24-21)22-15(2)9-18(12-23)10-16(22)3/h5-11,13H,1-4H3. The fraction of sp³-hybridized carbons (Fsp3) is 0.182. The molecular weight excluding hydrogens is 292 g/mol. The van der Waals surface area contributed by atoms with Crippen LogP contribution in [0.1, 0.15) is 27.8 Å². The molecule has 24 heavy (non-hydrogen) atoms. The van der Waals surface area contributed by atoms with Crippen molar-refractivity contribution in [2.45, 2.75) is 27.7 Å². The number of hydrogen-bond acceptors (Lipinski definition) is 2. The Bertz CT molecular complexity index is 922. The van der Waals surface area contributed by atoms with Crippen molar-refractivity contribution in [3.8, 4) is 28.5 Å². The predicted octanol–water partition coefficient (Wildman–Crippen LogP) is 5.52. The van der Waals surface area contributed by atoms with Gasteiger partial charge in [-0.15, -0.1) is 0 Å². The maximum atomic E-state index is 9.16. The van der Waals surface area contributed by atoms with Crippen LogP contribution in [0.4, 0.5) is 0 Å². The molecule has 0 aliphatic rings. The first-order valence-electron chi connectivity index (χ1n) is 8.05. The molecule has 2 heteroatoms. The van der Waals surface area contributed by atoms with E-state index >= 15 is 0 Å². The summed E-state index contributed by atoms with van der Waals surface area (Å²) in [7, 11) is 0. The van der Waals surface area contributed by atoms with Crippen molar-refractivity contribution in [2.75, 3.05) is 0 Å². The molecule has 3 aromatic rings. The average molecular weight is 312 g/mol. The Balaban J connectivity index is 2.17. The highest BCUT2D eigenvalue weighted by Crippen LogP contribution is 2.33. The Morgan fingerprint density at radius 1 is 0.833 bits per heavy atom. The molecule has 0 amide bonds. The lowest BCUT2D eigenvalue weighted by Gasteiger charge is -2.14. The number of hydrogen-bond donors (Lipinski definition) is 0. The first-order valence-corrected chi connectivity index (χ1v) is 8.05. The van der Waals surface area contributed by atoms with E-state index < -0.39 is 0 Å². The summed E-state index contributed by atoms with van der Waals surface area (Å²) >= 11 is 0. The molecule has 0 fully saturated rings. The first-order chi connectivity index (χ1) is 11.5. The Labute approximate surface area is 143 Å². The maximum Gasteiger partial charge on any atom is 0.0991 e. The molecule has 0 saturated heterocycles. The van der Waals surface area contributed by atoms with Gasteiger partial charge in [0, 0.05) is 11.8 Å². The maximum absolute atomic E-state index is 9.16. The molecule has 1 aromatic heterocycles. The van der Waals surface area contributed by atoms with Crippen molar-refractivity contribution >= 4 is 0 Å². The van der Waals surface area contributed by atoms with Gasteiger partial charge in [-0.05, 0) is 73.7 Å². The summed E-state index contributed by atoms with van der Waals surface area (Å²) in [4.78, 5) is 4.61. The topological polar surface area (TPSA) is 36.7 Å². The molecule has 0 bridgehead atoms. The lowest BCUT2D eigenvalue weighted by molar-refractivity contribution is 1.25. The Morgan fingerprint density at radius 2 is 1.46 bits per heavy atom. The summed E-state index contributed by atoms with van der Waals surface area (Å²) < 4.78 is 0. The van der Waals surface area contributed by atoms with Gasteiger partial charge in [0.2, 0.25) is 0 Å². The Kier molecular flexibility index (Phi) is 4.18. The van der Waals surface area contributed by atoms with Gasteiger partial charge in [-0.25, -0.2) is 0 Å². The van der Waals surface area contributed by atoms with Gasteiger partial charge in [0.05, 0.1) is 17.3 Å². The van der Waals surface area contributed by atoms with E-state index in [0.717, 1.165) is 27.9 Å². The van der Waals surface area contributed by atoms with Crippen molar-refractivity contribution in [3.05, 3.63) is 76.5 Å². The largest absolute Gasteiger partial charge is 0.256 e. The van der Waals surface area contributed by atoms with Crippen molar-refractivity contribution in [1.82, 2.24) is 4.98 Å². The van der Waals surface area contributed by atoms with Gasteiger partial charge in [-0.2, -0.15) is 5.26 Å². The van der Waals surface area contributed by atoms with Crippen molar-refractivity contribution in [2.24, 2.45) is 0 Å². The monoisotopic (exact) mass is 312 g/mol. The second kappa shape index (κ2) is 6.29. The van der Waals surface area contributed by atoms with Gasteiger partial charge in [0.1, 0.15) is 0 Å². The average Bonchev–Trinajstić information content (AvgIpc) is 2.56. The van der Waals surface area contributed by atoms with Gasteiger partial charge in [0.15, 0.2) is 0 Å². The third-order valence-corrected chi connectivity index (χ3v) is 4.38. The summed E-state index contributed by atoms with van der Waals surface area (Å²) in [6, 6.07) is 16.7. The number of nitriles is 1. The highest BCUT2D eigenvalue weighted by Gasteiger charge is 2.12. The van der Waals surface area contributed by atoms with Gasteiger partial charge >= 0.3 is 0 Å². The zero-order chi connectivity index (χ0) is 17.3. The van der Waals surface area contributed by atoms with Gasteiger partial charge in [-0.1, -0.05) is 29.8 Å². The van der Waals surface area contributed by atoms with E-state index in [9.17, 15) is 0 Å². The zero-order valence-corrected chi connectivity index (χ0v) is 14.5. The molecule has 0 aliphatic carbocycles. The molecule has 0 aliphatic heterocycles. The van der Waals surface area contributed by atoms with Crippen LogP contribution in [0.25, 0.3) is 22.4 Å². The Hall–Kier alpha value is -2.92. The quantitative estimate of drug-likeness (QED) is 0.624.